The van der Waals surface area contributed by atoms with Crippen molar-refractivity contribution < 1.29 is 17.5 Å². The third kappa shape index (κ3) is 4.45. The molecule has 1 aliphatic carbocycles. The predicted octanol–water partition coefficient (Wildman–Crippen LogP) is 4.10. The quantitative estimate of drug-likeness (QED) is 0.366. The van der Waals surface area contributed by atoms with Crippen LogP contribution in [0.5, 0.6) is 0 Å². The number of allylic oxidation sites excluding steroid dienone is 4. The molecule has 1 heterocycles. The molecule has 0 atom stereocenters. The molecule has 148 valence electrons. The zero-order valence-corrected chi connectivity index (χ0v) is 17.4. The minimum Gasteiger partial charge on any atom is -0.282 e. The summed E-state index contributed by atoms with van der Waals surface area (Å²) in [4.78, 5) is -0.145. The van der Waals surface area contributed by atoms with Crippen molar-refractivity contribution in [1.82, 2.24) is 0 Å². The van der Waals surface area contributed by atoms with E-state index < -0.39 is 10.1 Å². The minimum atomic E-state index is -4.19. The van der Waals surface area contributed by atoms with Gasteiger partial charge in [0.25, 0.3) is 10.1 Å². The summed E-state index contributed by atoms with van der Waals surface area (Å²) in [5.74, 6) is 0. The highest BCUT2D eigenvalue weighted by Gasteiger charge is 2.19. The van der Waals surface area contributed by atoms with Crippen LogP contribution in [0.2, 0.25) is 0 Å². The van der Waals surface area contributed by atoms with Crippen LogP contribution in [0.4, 0.5) is 5.69 Å². The van der Waals surface area contributed by atoms with E-state index in [0.717, 1.165) is 18.7 Å². The second-order valence-electron chi connectivity index (χ2n) is 6.75. The number of nitrogens with one attached hydrogen (secondary N) is 1. The van der Waals surface area contributed by atoms with Crippen molar-refractivity contribution in [3.8, 4) is 0 Å². The Morgan fingerprint density at radius 3 is 2.69 bits per heavy atom. The molecule has 0 saturated heterocycles. The van der Waals surface area contributed by atoms with Crippen LogP contribution in [0.3, 0.4) is 0 Å². The number of benzene rings is 2. The summed E-state index contributed by atoms with van der Waals surface area (Å²) in [6.45, 7) is 2.94. The van der Waals surface area contributed by atoms with E-state index in [1.165, 1.54) is 32.9 Å². The molecule has 6 nitrogen and oxygen atoms in total. The maximum absolute atomic E-state index is 11.1. The Balaban J connectivity index is 1.46. The third-order valence-corrected chi connectivity index (χ3v) is 6.61. The molecule has 0 radical (unpaired) electrons. The van der Waals surface area contributed by atoms with Crippen molar-refractivity contribution in [2.75, 3.05) is 5.43 Å². The zero-order valence-electron chi connectivity index (χ0n) is 15.7. The lowest BCUT2D eigenvalue weighted by Gasteiger charge is -2.10. The summed E-state index contributed by atoms with van der Waals surface area (Å²) in [6, 6.07) is 14.2. The normalized spacial score (nSPS) is 15.7. The first-order valence-electron chi connectivity index (χ1n) is 9.04. The lowest BCUT2D eigenvalue weighted by molar-refractivity contribution is -0.664. The number of rotatable bonds is 5. The standard InChI is InChI=1S/C21H19N3O3S2/c1-15-24(20-7-2-3-8-21(20)28-15)14-16-5-4-6-18(13-16)23-22-17-9-11-19(12-10-17)29(25,26)27/h2-12,22H,13-14H2,1H3/p+1. The van der Waals surface area contributed by atoms with Gasteiger partial charge in [-0.3, -0.25) is 9.98 Å². The number of aromatic nitrogens is 1. The van der Waals surface area contributed by atoms with Crippen LogP contribution in [-0.4, -0.2) is 18.7 Å². The molecular weight excluding hydrogens is 406 g/mol. The van der Waals surface area contributed by atoms with Crippen LogP contribution in [0.1, 0.15) is 11.4 Å². The van der Waals surface area contributed by atoms with Gasteiger partial charge in [0.15, 0.2) is 6.54 Å². The average molecular weight is 427 g/mol. The third-order valence-electron chi connectivity index (χ3n) is 4.66. The number of thiazole rings is 1. The Kier molecular flexibility index (Phi) is 5.31. The number of fused-ring (bicyclic) bond motifs is 1. The topological polar surface area (TPSA) is 82.6 Å². The van der Waals surface area contributed by atoms with Gasteiger partial charge in [0.2, 0.25) is 10.5 Å². The Hall–Kier alpha value is -2.81. The fraction of sp³-hybridized carbons (Fsp3) is 0.143. The highest BCUT2D eigenvalue weighted by molar-refractivity contribution is 7.85. The monoisotopic (exact) mass is 426 g/mol. The second-order valence-corrected chi connectivity index (χ2v) is 9.41. The van der Waals surface area contributed by atoms with Crippen LogP contribution < -0.4 is 9.99 Å². The van der Waals surface area contributed by atoms with Gasteiger partial charge >= 0.3 is 0 Å². The van der Waals surface area contributed by atoms with Crippen molar-refractivity contribution in [3.05, 3.63) is 77.3 Å². The fourth-order valence-corrected chi connectivity index (χ4v) is 4.72. The van der Waals surface area contributed by atoms with Gasteiger partial charge in [-0.1, -0.05) is 35.6 Å². The molecule has 1 aromatic heterocycles. The van der Waals surface area contributed by atoms with Crippen molar-refractivity contribution in [1.29, 1.82) is 0 Å². The maximum atomic E-state index is 11.1. The molecule has 0 fully saturated rings. The minimum absolute atomic E-state index is 0.145. The Morgan fingerprint density at radius 2 is 1.93 bits per heavy atom. The highest BCUT2D eigenvalue weighted by Crippen LogP contribution is 2.21. The summed E-state index contributed by atoms with van der Waals surface area (Å²) in [5.41, 5.74) is 6.96. The SMILES string of the molecule is Cc1sc2ccccc2[n+]1CC1=CC=CC(=NNc2ccc(S(=O)(=O)O)cc2)C1. The molecule has 0 unspecified atom stereocenters. The van der Waals surface area contributed by atoms with E-state index in [-0.39, 0.29) is 4.90 Å². The van der Waals surface area contributed by atoms with Gasteiger partial charge in [0, 0.05) is 25.0 Å². The molecule has 0 aliphatic heterocycles. The summed E-state index contributed by atoms with van der Waals surface area (Å²) in [6.07, 6.45) is 6.79. The van der Waals surface area contributed by atoms with E-state index in [4.69, 9.17) is 4.55 Å². The van der Waals surface area contributed by atoms with E-state index in [2.05, 4.69) is 52.4 Å². The van der Waals surface area contributed by atoms with E-state index in [9.17, 15) is 8.42 Å². The van der Waals surface area contributed by atoms with Crippen LogP contribution in [0.15, 0.2) is 82.3 Å². The molecule has 0 saturated carbocycles. The molecule has 29 heavy (non-hydrogen) atoms. The molecule has 0 spiro atoms. The second kappa shape index (κ2) is 7.90. The number of aryl methyl sites for hydroxylation is 1. The van der Waals surface area contributed by atoms with E-state index in [1.54, 1.807) is 23.5 Å². The van der Waals surface area contributed by atoms with E-state index in [1.807, 2.05) is 12.2 Å². The zero-order chi connectivity index (χ0) is 20.4. The number of hydrogen-bond donors (Lipinski definition) is 2. The van der Waals surface area contributed by atoms with E-state index >= 15 is 0 Å². The largest absolute Gasteiger partial charge is 0.294 e. The van der Waals surface area contributed by atoms with Gasteiger partial charge in [-0.2, -0.15) is 18.1 Å². The van der Waals surface area contributed by atoms with Gasteiger partial charge < -0.3 is 0 Å². The molecule has 3 aromatic rings. The number of para-hydroxylation sites is 1. The molecule has 0 amide bonds. The first kappa shape index (κ1) is 19.5. The summed E-state index contributed by atoms with van der Waals surface area (Å²) < 4.78 is 34.9. The van der Waals surface area contributed by atoms with Gasteiger partial charge in [-0.25, -0.2) is 0 Å². The summed E-state index contributed by atoms with van der Waals surface area (Å²) >= 11 is 1.79. The summed E-state index contributed by atoms with van der Waals surface area (Å²) in [5, 5.41) is 5.69. The lowest BCUT2D eigenvalue weighted by atomic mass is 10.0. The number of hydrazone groups is 1. The molecule has 2 N–H and O–H groups in total. The first-order chi connectivity index (χ1) is 13.9. The number of hydrogen-bond acceptors (Lipinski definition) is 5. The number of nitrogens with zero attached hydrogens (tertiary/aromatic N) is 2. The molecule has 2 aromatic carbocycles. The highest BCUT2D eigenvalue weighted by atomic mass is 32.2. The van der Waals surface area contributed by atoms with Gasteiger partial charge in [0.1, 0.15) is 4.70 Å². The van der Waals surface area contributed by atoms with Crippen molar-refractivity contribution in [2.45, 2.75) is 24.8 Å². The Bertz CT molecular complexity index is 1250. The van der Waals surface area contributed by atoms with Crippen LogP contribution in [0, 0.1) is 6.92 Å². The summed E-state index contributed by atoms with van der Waals surface area (Å²) in [7, 11) is -4.19. The van der Waals surface area contributed by atoms with Gasteiger partial charge in [0.05, 0.1) is 16.3 Å². The van der Waals surface area contributed by atoms with Crippen molar-refractivity contribution in [3.63, 3.8) is 0 Å². The number of anilines is 1. The van der Waals surface area contributed by atoms with Crippen LogP contribution >= 0.6 is 11.3 Å². The van der Waals surface area contributed by atoms with Crippen LogP contribution in [-0.2, 0) is 16.7 Å². The Labute approximate surface area is 173 Å². The molecule has 0 bridgehead atoms. The smallest absolute Gasteiger partial charge is 0.282 e. The molecule has 1 aliphatic rings. The van der Waals surface area contributed by atoms with Crippen molar-refractivity contribution in [2.24, 2.45) is 5.10 Å². The van der Waals surface area contributed by atoms with E-state index in [0.29, 0.717) is 5.69 Å². The van der Waals surface area contributed by atoms with Gasteiger partial charge in [-0.05, 0) is 36.4 Å². The first-order valence-corrected chi connectivity index (χ1v) is 11.3. The predicted molar refractivity (Wildman–Crippen MR) is 116 cm³/mol. The van der Waals surface area contributed by atoms with Crippen molar-refractivity contribution >= 4 is 43.1 Å². The molecule has 8 heteroatoms. The lowest BCUT2D eigenvalue weighted by Crippen LogP contribution is -2.36. The molecule has 4 rings (SSSR count). The van der Waals surface area contributed by atoms with Gasteiger partial charge in [-0.15, -0.1) is 0 Å². The average Bonchev–Trinajstić information content (AvgIpc) is 3.02. The Morgan fingerprint density at radius 1 is 1.17 bits per heavy atom. The maximum Gasteiger partial charge on any atom is 0.294 e. The fourth-order valence-electron chi connectivity index (χ4n) is 3.22. The van der Waals surface area contributed by atoms with Crippen LogP contribution in [0.25, 0.3) is 10.2 Å². The molecular formula is C21H20N3O3S2+.